The maximum Gasteiger partial charge on any atom is 0.178 e. The van der Waals surface area contributed by atoms with E-state index in [0.29, 0.717) is 6.54 Å². The zero-order valence-electron chi connectivity index (χ0n) is 10.0. The largest absolute Gasteiger partial charge is 0.323 e. The molecule has 4 nitrogen and oxygen atoms in total. The maximum absolute atomic E-state index is 13.9. The van der Waals surface area contributed by atoms with Gasteiger partial charge in [0.05, 0.1) is 0 Å². The van der Waals surface area contributed by atoms with Gasteiger partial charge in [-0.25, -0.2) is 19.6 Å². The Labute approximate surface area is 108 Å². The van der Waals surface area contributed by atoms with Crippen LogP contribution in [0.1, 0.15) is 5.56 Å². The minimum atomic E-state index is -0.809. The monoisotopic (exact) mass is 262 g/mol. The van der Waals surface area contributed by atoms with Gasteiger partial charge in [-0.3, -0.25) is 0 Å². The van der Waals surface area contributed by atoms with Crippen LogP contribution in [0.25, 0.3) is 0 Å². The lowest BCUT2D eigenvalue weighted by molar-refractivity contribution is 0.575. The molecule has 0 radical (unpaired) electrons. The number of hydrogen-bond donors (Lipinski definition) is 2. The van der Waals surface area contributed by atoms with E-state index in [9.17, 15) is 8.78 Å². The van der Waals surface area contributed by atoms with Crippen molar-refractivity contribution in [1.29, 1.82) is 0 Å². The summed E-state index contributed by atoms with van der Waals surface area (Å²) in [5.74, 6) is 3.58. The molecular formula is C13H12F2N4. The molecule has 1 aromatic carbocycles. The molecule has 19 heavy (non-hydrogen) atoms. The molecule has 2 aromatic rings. The molecule has 1 aliphatic rings. The zero-order chi connectivity index (χ0) is 13.4. The van der Waals surface area contributed by atoms with Gasteiger partial charge >= 0.3 is 0 Å². The Hall–Kier alpha value is -2.21. The standard InChI is InChI=1S/C13H12F2N4/c14-9-7-10(15)13(17-12(9)18-16)19-6-5-8-3-1-2-4-11(8)19/h1-4,7H,5-6,16H2,(H,17,18). The quantitative estimate of drug-likeness (QED) is 0.644. The predicted octanol–water partition coefficient (Wildman–Crippen LogP) is 2.34. The number of fused-ring (bicyclic) bond motifs is 1. The van der Waals surface area contributed by atoms with Crippen LogP contribution in [-0.4, -0.2) is 11.5 Å². The fourth-order valence-corrected chi connectivity index (χ4v) is 2.31. The zero-order valence-corrected chi connectivity index (χ0v) is 10.0. The molecule has 3 N–H and O–H groups in total. The summed E-state index contributed by atoms with van der Waals surface area (Å²) in [5, 5.41) is 0. The van der Waals surface area contributed by atoms with Crippen LogP contribution in [0.3, 0.4) is 0 Å². The molecule has 0 saturated carbocycles. The molecule has 2 heterocycles. The van der Waals surface area contributed by atoms with Gasteiger partial charge in [-0.2, -0.15) is 0 Å². The van der Waals surface area contributed by atoms with Crippen molar-refractivity contribution in [2.45, 2.75) is 6.42 Å². The van der Waals surface area contributed by atoms with E-state index in [-0.39, 0.29) is 11.6 Å². The minimum absolute atomic E-state index is 0.0827. The number of nitrogens with one attached hydrogen (secondary N) is 1. The van der Waals surface area contributed by atoms with Crippen LogP contribution in [0.15, 0.2) is 30.3 Å². The van der Waals surface area contributed by atoms with Crippen LogP contribution < -0.4 is 16.2 Å². The third kappa shape index (κ3) is 1.90. The van der Waals surface area contributed by atoms with Crippen LogP contribution in [0.5, 0.6) is 0 Å². The molecule has 0 amide bonds. The normalized spacial score (nSPS) is 13.5. The minimum Gasteiger partial charge on any atom is -0.323 e. The maximum atomic E-state index is 13.9. The number of hydrogen-bond acceptors (Lipinski definition) is 4. The van der Waals surface area contributed by atoms with Crippen molar-refractivity contribution >= 4 is 17.3 Å². The molecule has 98 valence electrons. The van der Waals surface area contributed by atoms with E-state index in [2.05, 4.69) is 10.4 Å². The number of nitrogen functional groups attached to an aromatic ring is 1. The van der Waals surface area contributed by atoms with Crippen LogP contribution in [0.2, 0.25) is 0 Å². The van der Waals surface area contributed by atoms with Crippen molar-refractivity contribution in [3.8, 4) is 0 Å². The smallest absolute Gasteiger partial charge is 0.178 e. The molecule has 1 aliphatic heterocycles. The van der Waals surface area contributed by atoms with Crippen molar-refractivity contribution in [2.24, 2.45) is 5.84 Å². The number of para-hydroxylation sites is 1. The van der Waals surface area contributed by atoms with Gasteiger partial charge in [0.15, 0.2) is 23.3 Å². The first-order valence-corrected chi connectivity index (χ1v) is 5.89. The molecular weight excluding hydrogens is 250 g/mol. The number of halogens is 2. The van der Waals surface area contributed by atoms with Crippen LogP contribution in [0.4, 0.5) is 26.1 Å². The number of anilines is 3. The Kier molecular flexibility index (Phi) is 2.79. The molecule has 0 saturated heterocycles. The number of pyridine rings is 1. The average molecular weight is 262 g/mol. The summed E-state index contributed by atoms with van der Waals surface area (Å²) in [6.45, 7) is 0.610. The van der Waals surface area contributed by atoms with Gasteiger partial charge in [0, 0.05) is 18.3 Å². The lowest BCUT2D eigenvalue weighted by Crippen LogP contribution is -2.19. The average Bonchev–Trinajstić information content (AvgIpc) is 2.83. The molecule has 0 fully saturated rings. The Morgan fingerprint density at radius 1 is 1.21 bits per heavy atom. The fraction of sp³-hybridized carbons (Fsp3) is 0.154. The molecule has 1 aromatic heterocycles. The van der Waals surface area contributed by atoms with Crippen molar-refractivity contribution in [3.05, 3.63) is 47.5 Å². The fourth-order valence-electron chi connectivity index (χ4n) is 2.31. The van der Waals surface area contributed by atoms with Crippen molar-refractivity contribution < 1.29 is 8.78 Å². The van der Waals surface area contributed by atoms with Crippen LogP contribution >= 0.6 is 0 Å². The molecule has 6 heteroatoms. The highest BCUT2D eigenvalue weighted by Gasteiger charge is 2.24. The van der Waals surface area contributed by atoms with E-state index in [1.165, 1.54) is 0 Å². The van der Waals surface area contributed by atoms with Crippen molar-refractivity contribution in [3.63, 3.8) is 0 Å². The van der Waals surface area contributed by atoms with Gasteiger partial charge in [-0.1, -0.05) is 18.2 Å². The van der Waals surface area contributed by atoms with E-state index >= 15 is 0 Å². The first-order chi connectivity index (χ1) is 9.20. The highest BCUT2D eigenvalue weighted by atomic mass is 19.1. The Morgan fingerprint density at radius 3 is 2.79 bits per heavy atom. The second-order valence-corrected chi connectivity index (χ2v) is 4.30. The summed E-state index contributed by atoms with van der Waals surface area (Å²) < 4.78 is 27.3. The third-order valence-corrected chi connectivity index (χ3v) is 3.19. The number of benzene rings is 1. The Bertz CT molecular complexity index is 630. The Balaban J connectivity index is 2.09. The summed E-state index contributed by atoms with van der Waals surface area (Å²) in [4.78, 5) is 5.64. The summed E-state index contributed by atoms with van der Waals surface area (Å²) >= 11 is 0. The molecule has 0 aliphatic carbocycles. The Morgan fingerprint density at radius 2 is 2.00 bits per heavy atom. The van der Waals surface area contributed by atoms with Gasteiger partial charge in [0.1, 0.15) is 0 Å². The van der Waals surface area contributed by atoms with Gasteiger partial charge in [-0.05, 0) is 18.1 Å². The molecule has 0 spiro atoms. The van der Waals surface area contributed by atoms with Crippen molar-refractivity contribution in [1.82, 2.24) is 4.98 Å². The van der Waals surface area contributed by atoms with Gasteiger partial charge in [-0.15, -0.1) is 0 Å². The lowest BCUT2D eigenvalue weighted by Gasteiger charge is -2.19. The highest BCUT2D eigenvalue weighted by molar-refractivity contribution is 5.68. The second-order valence-electron chi connectivity index (χ2n) is 4.30. The molecule has 0 unspecified atom stereocenters. The summed E-state index contributed by atoms with van der Waals surface area (Å²) in [7, 11) is 0. The summed E-state index contributed by atoms with van der Waals surface area (Å²) in [6.07, 6.45) is 0.806. The number of nitrogens with zero attached hydrogens (tertiary/aromatic N) is 2. The lowest BCUT2D eigenvalue weighted by atomic mass is 10.2. The molecule has 3 rings (SSSR count). The van der Waals surface area contributed by atoms with E-state index in [1.807, 2.05) is 24.3 Å². The number of nitrogens with two attached hydrogens (primary N) is 1. The van der Waals surface area contributed by atoms with E-state index in [0.717, 1.165) is 23.7 Å². The summed E-state index contributed by atoms with van der Waals surface area (Å²) in [6, 6.07) is 8.48. The van der Waals surface area contributed by atoms with Gasteiger partial charge in [0.2, 0.25) is 0 Å². The van der Waals surface area contributed by atoms with Crippen molar-refractivity contribution in [2.75, 3.05) is 16.9 Å². The predicted molar refractivity (Wildman–Crippen MR) is 69.1 cm³/mol. The van der Waals surface area contributed by atoms with Gasteiger partial charge in [0.25, 0.3) is 0 Å². The van der Waals surface area contributed by atoms with Crippen LogP contribution in [0, 0.1) is 11.6 Å². The first-order valence-electron chi connectivity index (χ1n) is 5.89. The number of rotatable bonds is 2. The number of aromatic nitrogens is 1. The van der Waals surface area contributed by atoms with Gasteiger partial charge < -0.3 is 10.3 Å². The van der Waals surface area contributed by atoms with E-state index in [1.54, 1.807) is 4.90 Å². The van der Waals surface area contributed by atoms with E-state index < -0.39 is 11.6 Å². The third-order valence-electron chi connectivity index (χ3n) is 3.19. The van der Waals surface area contributed by atoms with E-state index in [4.69, 9.17) is 5.84 Å². The first kappa shape index (κ1) is 11.9. The molecule has 0 atom stereocenters. The number of hydrazine groups is 1. The SMILES string of the molecule is NNc1nc(N2CCc3ccccc32)c(F)cc1F. The topological polar surface area (TPSA) is 54.2 Å². The highest BCUT2D eigenvalue weighted by Crippen LogP contribution is 2.35. The summed E-state index contributed by atoms with van der Waals surface area (Å²) in [5.41, 5.74) is 4.14. The second kappa shape index (κ2) is 4.47. The van der Waals surface area contributed by atoms with Crippen LogP contribution in [-0.2, 0) is 6.42 Å². The molecule has 0 bridgehead atoms.